The monoisotopic (exact) mass is 375 g/mol. The molecule has 0 aliphatic carbocycles. The Morgan fingerprint density at radius 2 is 1.93 bits per heavy atom. The predicted molar refractivity (Wildman–Crippen MR) is 108 cm³/mol. The molecular weight excluding hydrogens is 354 g/mol. The lowest BCUT2D eigenvalue weighted by Gasteiger charge is -2.14. The van der Waals surface area contributed by atoms with Crippen molar-refractivity contribution in [2.75, 3.05) is 5.32 Å². The molecule has 4 aromatic rings. The SMILES string of the molecule is Cc1cc2oc(=O)cc(CNc3ccc(-n4cnnn4)cc3)c2cc1C(C)C. The highest BCUT2D eigenvalue weighted by Gasteiger charge is 2.11. The first kappa shape index (κ1) is 17.9. The number of aromatic nitrogens is 4. The average molecular weight is 375 g/mol. The third-order valence-corrected chi connectivity index (χ3v) is 4.80. The van der Waals surface area contributed by atoms with Crippen LogP contribution in [0.2, 0.25) is 0 Å². The first-order valence-corrected chi connectivity index (χ1v) is 9.16. The molecule has 0 spiro atoms. The Morgan fingerprint density at radius 1 is 1.14 bits per heavy atom. The average Bonchev–Trinajstić information content (AvgIpc) is 3.20. The molecule has 0 aliphatic heterocycles. The van der Waals surface area contributed by atoms with Crippen LogP contribution >= 0.6 is 0 Å². The summed E-state index contributed by atoms with van der Waals surface area (Å²) in [5, 5.41) is 15.5. The highest BCUT2D eigenvalue weighted by molar-refractivity contribution is 5.82. The molecule has 4 rings (SSSR count). The van der Waals surface area contributed by atoms with Gasteiger partial charge in [-0.1, -0.05) is 13.8 Å². The predicted octanol–water partition coefficient (Wildman–Crippen LogP) is 3.81. The van der Waals surface area contributed by atoms with Crippen LogP contribution in [-0.2, 0) is 6.54 Å². The largest absolute Gasteiger partial charge is 0.423 e. The van der Waals surface area contributed by atoms with Gasteiger partial charge in [0.2, 0.25) is 0 Å². The summed E-state index contributed by atoms with van der Waals surface area (Å²) in [6.07, 6.45) is 1.55. The maximum Gasteiger partial charge on any atom is 0.336 e. The minimum atomic E-state index is -0.338. The molecule has 0 bridgehead atoms. The molecule has 0 saturated carbocycles. The summed E-state index contributed by atoms with van der Waals surface area (Å²) in [7, 11) is 0. The third-order valence-electron chi connectivity index (χ3n) is 4.80. The van der Waals surface area contributed by atoms with Crippen LogP contribution in [0.1, 0.15) is 36.5 Å². The molecule has 7 heteroatoms. The zero-order valence-electron chi connectivity index (χ0n) is 16.0. The van der Waals surface area contributed by atoms with Gasteiger partial charge in [0.05, 0.1) is 5.69 Å². The highest BCUT2D eigenvalue weighted by atomic mass is 16.4. The Bertz CT molecular complexity index is 1160. The van der Waals surface area contributed by atoms with Gasteiger partial charge in [0.1, 0.15) is 11.9 Å². The molecule has 0 atom stereocenters. The lowest BCUT2D eigenvalue weighted by atomic mass is 9.95. The molecule has 0 fully saturated rings. The number of nitrogens with zero attached hydrogens (tertiary/aromatic N) is 4. The molecule has 0 aliphatic rings. The highest BCUT2D eigenvalue weighted by Crippen LogP contribution is 2.27. The number of nitrogens with one attached hydrogen (secondary N) is 1. The minimum absolute atomic E-state index is 0.338. The van der Waals surface area contributed by atoms with Gasteiger partial charge in [0, 0.05) is 23.7 Å². The van der Waals surface area contributed by atoms with Crippen LogP contribution < -0.4 is 10.9 Å². The molecule has 0 radical (unpaired) electrons. The lowest BCUT2D eigenvalue weighted by molar-refractivity contribution is 0.558. The normalized spacial score (nSPS) is 11.3. The number of aryl methyl sites for hydroxylation is 1. The fraction of sp³-hybridized carbons (Fsp3) is 0.238. The first-order chi connectivity index (χ1) is 13.5. The van der Waals surface area contributed by atoms with Gasteiger partial charge in [0.15, 0.2) is 0 Å². The van der Waals surface area contributed by atoms with E-state index in [1.807, 2.05) is 37.3 Å². The Labute approximate surface area is 162 Å². The Hall–Kier alpha value is -3.48. The molecular formula is C21H21N5O2. The van der Waals surface area contributed by atoms with Crippen LogP contribution in [0.5, 0.6) is 0 Å². The summed E-state index contributed by atoms with van der Waals surface area (Å²) in [6, 6.07) is 13.4. The second-order valence-electron chi connectivity index (χ2n) is 7.11. The van der Waals surface area contributed by atoms with Crippen LogP contribution in [-0.4, -0.2) is 20.2 Å². The summed E-state index contributed by atoms with van der Waals surface area (Å²) in [4.78, 5) is 12.0. The second kappa shape index (κ2) is 7.26. The zero-order chi connectivity index (χ0) is 19.7. The van der Waals surface area contributed by atoms with E-state index >= 15 is 0 Å². The van der Waals surface area contributed by atoms with Gasteiger partial charge in [-0.2, -0.15) is 0 Å². The Morgan fingerprint density at radius 3 is 2.61 bits per heavy atom. The topological polar surface area (TPSA) is 85.8 Å². The Balaban J connectivity index is 1.62. The number of benzene rings is 2. The van der Waals surface area contributed by atoms with E-state index in [1.54, 1.807) is 17.1 Å². The molecule has 7 nitrogen and oxygen atoms in total. The standard InChI is InChI=1S/C21H21N5O2/c1-13(2)18-10-19-15(9-21(27)28-20(19)8-14(18)3)11-22-16-4-6-17(7-5-16)26-12-23-24-25-26/h4-10,12-13,22H,11H2,1-3H3. The minimum Gasteiger partial charge on any atom is -0.423 e. The molecule has 0 amide bonds. The van der Waals surface area contributed by atoms with Crippen molar-refractivity contribution in [1.82, 2.24) is 20.2 Å². The van der Waals surface area contributed by atoms with Gasteiger partial charge in [0.25, 0.3) is 0 Å². The van der Waals surface area contributed by atoms with E-state index in [9.17, 15) is 4.79 Å². The number of rotatable bonds is 5. The molecule has 2 heterocycles. The molecule has 142 valence electrons. The second-order valence-corrected chi connectivity index (χ2v) is 7.11. The van der Waals surface area contributed by atoms with Crippen molar-refractivity contribution in [3.63, 3.8) is 0 Å². The maximum atomic E-state index is 12.0. The van der Waals surface area contributed by atoms with Crippen molar-refractivity contribution in [1.29, 1.82) is 0 Å². The van der Waals surface area contributed by atoms with Crippen molar-refractivity contribution in [3.05, 3.63) is 75.9 Å². The van der Waals surface area contributed by atoms with E-state index in [1.165, 1.54) is 5.56 Å². The Kier molecular flexibility index (Phi) is 4.65. The van der Waals surface area contributed by atoms with E-state index in [4.69, 9.17) is 4.42 Å². The van der Waals surface area contributed by atoms with E-state index in [-0.39, 0.29) is 5.63 Å². The summed E-state index contributed by atoms with van der Waals surface area (Å²) in [5.41, 5.74) is 5.41. The summed E-state index contributed by atoms with van der Waals surface area (Å²) >= 11 is 0. The smallest absolute Gasteiger partial charge is 0.336 e. The summed E-state index contributed by atoms with van der Waals surface area (Å²) in [6.45, 7) is 6.90. The third kappa shape index (κ3) is 3.51. The van der Waals surface area contributed by atoms with Gasteiger partial charge in [-0.05, 0) is 76.4 Å². The first-order valence-electron chi connectivity index (χ1n) is 9.16. The molecule has 1 N–H and O–H groups in total. The van der Waals surface area contributed by atoms with E-state index < -0.39 is 0 Å². The van der Waals surface area contributed by atoms with Crippen molar-refractivity contribution < 1.29 is 4.42 Å². The van der Waals surface area contributed by atoms with Gasteiger partial charge in [-0.25, -0.2) is 9.48 Å². The van der Waals surface area contributed by atoms with Crippen LogP contribution in [0.3, 0.4) is 0 Å². The van der Waals surface area contributed by atoms with Gasteiger partial charge in [-0.3, -0.25) is 0 Å². The number of hydrogen-bond donors (Lipinski definition) is 1. The summed E-state index contributed by atoms with van der Waals surface area (Å²) in [5.74, 6) is 0.399. The molecule has 0 saturated heterocycles. The van der Waals surface area contributed by atoms with E-state index in [0.717, 1.165) is 27.9 Å². The summed E-state index contributed by atoms with van der Waals surface area (Å²) < 4.78 is 7.01. The maximum absolute atomic E-state index is 12.0. The van der Waals surface area contributed by atoms with Crippen molar-refractivity contribution in [3.8, 4) is 5.69 Å². The molecule has 0 unspecified atom stereocenters. The fourth-order valence-electron chi connectivity index (χ4n) is 3.37. The quantitative estimate of drug-likeness (QED) is 0.534. The van der Waals surface area contributed by atoms with Crippen molar-refractivity contribution in [2.45, 2.75) is 33.2 Å². The van der Waals surface area contributed by atoms with Crippen LogP contribution in [0.4, 0.5) is 5.69 Å². The van der Waals surface area contributed by atoms with Gasteiger partial charge < -0.3 is 9.73 Å². The van der Waals surface area contributed by atoms with Gasteiger partial charge in [-0.15, -0.1) is 5.10 Å². The van der Waals surface area contributed by atoms with E-state index in [2.05, 4.69) is 40.8 Å². The van der Waals surface area contributed by atoms with Crippen molar-refractivity contribution in [2.24, 2.45) is 0 Å². The van der Waals surface area contributed by atoms with Gasteiger partial charge >= 0.3 is 5.63 Å². The lowest BCUT2D eigenvalue weighted by Crippen LogP contribution is -2.07. The number of hydrogen-bond acceptors (Lipinski definition) is 6. The van der Waals surface area contributed by atoms with Crippen LogP contribution in [0.25, 0.3) is 16.7 Å². The number of tetrazole rings is 1. The van der Waals surface area contributed by atoms with Crippen LogP contribution in [0.15, 0.2) is 58.0 Å². The van der Waals surface area contributed by atoms with E-state index in [0.29, 0.717) is 18.0 Å². The van der Waals surface area contributed by atoms with Crippen molar-refractivity contribution >= 4 is 16.7 Å². The molecule has 2 aromatic carbocycles. The molecule has 2 aromatic heterocycles. The number of anilines is 1. The molecule has 28 heavy (non-hydrogen) atoms. The van der Waals surface area contributed by atoms with Crippen LogP contribution in [0, 0.1) is 6.92 Å². The number of fused-ring (bicyclic) bond motifs is 1. The fourth-order valence-corrected chi connectivity index (χ4v) is 3.37. The zero-order valence-corrected chi connectivity index (χ0v) is 16.0.